The first-order chi connectivity index (χ1) is 32.2. The lowest BCUT2D eigenvalue weighted by atomic mass is 9.87. The van der Waals surface area contributed by atoms with Gasteiger partial charge in [0.25, 0.3) is 0 Å². The lowest BCUT2D eigenvalue weighted by Crippen LogP contribution is -1.96. The molecule has 2 aromatic heterocycles. The fraction of sp³-hybridized carbons (Fsp3) is 0. The molecule has 0 bridgehead atoms. The Kier molecular flexibility index (Phi) is 7.69. The fourth-order valence-electron chi connectivity index (χ4n) is 10.8. The Morgan fingerprint density at radius 3 is 1.46 bits per heavy atom. The van der Waals surface area contributed by atoms with E-state index in [2.05, 4.69) is 223 Å². The normalized spacial score (nSPS) is 12.0. The molecule has 14 aromatic rings. The summed E-state index contributed by atoms with van der Waals surface area (Å²) in [6.45, 7) is 0. The average molecular weight is 824 g/mol. The molecule has 0 saturated carbocycles. The number of aromatic nitrogens is 3. The highest BCUT2D eigenvalue weighted by Gasteiger charge is 2.19. The Bertz CT molecular complexity index is 4220. The van der Waals surface area contributed by atoms with Crippen LogP contribution in [0.3, 0.4) is 0 Å². The van der Waals surface area contributed by atoms with Gasteiger partial charge in [0, 0.05) is 33.2 Å². The lowest BCUT2D eigenvalue weighted by Gasteiger charge is -2.17. The van der Waals surface area contributed by atoms with Crippen LogP contribution in [-0.2, 0) is 0 Å². The minimum absolute atomic E-state index is 0.697. The maximum absolute atomic E-state index is 5.38. The second-order valence-corrected chi connectivity index (χ2v) is 17.3. The maximum Gasteiger partial charge on any atom is 0.160 e. The lowest BCUT2D eigenvalue weighted by molar-refractivity contribution is 1.18. The summed E-state index contributed by atoms with van der Waals surface area (Å²) < 4.78 is 2.36. The first-order valence-corrected chi connectivity index (χ1v) is 22.3. The molecule has 0 unspecified atom stereocenters. The van der Waals surface area contributed by atoms with E-state index in [1.807, 2.05) is 6.07 Å². The molecule has 2 heterocycles. The van der Waals surface area contributed by atoms with Gasteiger partial charge in [0.15, 0.2) is 5.82 Å². The molecule has 0 radical (unpaired) electrons. The summed E-state index contributed by atoms with van der Waals surface area (Å²) in [4.78, 5) is 10.7. The molecule has 0 saturated heterocycles. The third-order valence-electron chi connectivity index (χ3n) is 13.7. The van der Waals surface area contributed by atoms with Crippen molar-refractivity contribution < 1.29 is 0 Å². The van der Waals surface area contributed by atoms with Crippen LogP contribution in [0.25, 0.3) is 137 Å². The Morgan fingerprint density at radius 2 is 0.754 bits per heavy atom. The van der Waals surface area contributed by atoms with Crippen LogP contribution in [0.2, 0.25) is 0 Å². The number of nitrogens with zero attached hydrogens (tertiary/aromatic N) is 3. The highest BCUT2D eigenvalue weighted by atomic mass is 15.0. The van der Waals surface area contributed by atoms with E-state index in [4.69, 9.17) is 9.97 Å². The van der Waals surface area contributed by atoms with Crippen molar-refractivity contribution in [3.05, 3.63) is 224 Å². The summed E-state index contributed by atoms with van der Waals surface area (Å²) in [6.07, 6.45) is 0. The molecule has 3 heteroatoms. The van der Waals surface area contributed by atoms with Crippen LogP contribution in [0.15, 0.2) is 224 Å². The molecular weight excluding hydrogens is 787 g/mol. The van der Waals surface area contributed by atoms with Crippen molar-refractivity contribution in [1.29, 1.82) is 0 Å². The van der Waals surface area contributed by atoms with Crippen molar-refractivity contribution in [2.45, 2.75) is 0 Å². The van der Waals surface area contributed by atoms with Gasteiger partial charge >= 0.3 is 0 Å². The van der Waals surface area contributed by atoms with Crippen LogP contribution in [0, 0.1) is 0 Å². The number of fused-ring (bicyclic) bond motifs is 5. The summed E-state index contributed by atoms with van der Waals surface area (Å²) >= 11 is 0. The zero-order valence-corrected chi connectivity index (χ0v) is 35.2. The van der Waals surface area contributed by atoms with E-state index in [0.717, 1.165) is 44.9 Å². The van der Waals surface area contributed by atoms with Gasteiger partial charge in [-0.05, 0) is 130 Å². The van der Waals surface area contributed by atoms with Crippen LogP contribution >= 0.6 is 0 Å². The predicted molar refractivity (Wildman–Crippen MR) is 274 cm³/mol. The van der Waals surface area contributed by atoms with E-state index in [-0.39, 0.29) is 0 Å². The summed E-state index contributed by atoms with van der Waals surface area (Å²) in [5.74, 6) is 0.697. The second-order valence-electron chi connectivity index (χ2n) is 17.3. The van der Waals surface area contributed by atoms with Crippen molar-refractivity contribution >= 4 is 86.4 Å². The number of benzene rings is 11. The first-order valence-electron chi connectivity index (χ1n) is 22.3. The molecule has 0 aliphatic heterocycles. The van der Waals surface area contributed by atoms with Gasteiger partial charge in [-0.3, -0.25) is 0 Å². The van der Waals surface area contributed by atoms with Crippen molar-refractivity contribution in [1.82, 2.24) is 14.5 Å². The van der Waals surface area contributed by atoms with Crippen LogP contribution in [-0.4, -0.2) is 14.5 Å². The Balaban J connectivity index is 0.993. The Morgan fingerprint density at radius 1 is 0.262 bits per heavy atom. The predicted octanol–water partition coefficient (Wildman–Crippen LogP) is 16.6. The van der Waals surface area contributed by atoms with Crippen LogP contribution < -0.4 is 0 Å². The molecule has 65 heavy (non-hydrogen) atoms. The zero-order valence-electron chi connectivity index (χ0n) is 35.2. The summed E-state index contributed by atoms with van der Waals surface area (Å²) in [5.41, 5.74) is 10.7. The van der Waals surface area contributed by atoms with E-state index in [0.29, 0.717) is 5.82 Å². The Hall–Kier alpha value is -8.66. The van der Waals surface area contributed by atoms with Gasteiger partial charge in [-0.15, -0.1) is 0 Å². The molecule has 3 nitrogen and oxygen atoms in total. The van der Waals surface area contributed by atoms with Gasteiger partial charge < -0.3 is 4.57 Å². The van der Waals surface area contributed by atoms with Gasteiger partial charge in [0.1, 0.15) is 0 Å². The number of hydrogen-bond acceptors (Lipinski definition) is 2. The molecule has 0 N–H and O–H groups in total. The van der Waals surface area contributed by atoms with Crippen LogP contribution in [0.1, 0.15) is 0 Å². The summed E-state index contributed by atoms with van der Waals surface area (Å²) in [5, 5.41) is 17.5. The van der Waals surface area contributed by atoms with E-state index >= 15 is 0 Å². The van der Waals surface area contributed by atoms with E-state index in [9.17, 15) is 0 Å². The molecule has 12 aromatic carbocycles. The monoisotopic (exact) mass is 823 g/mol. The van der Waals surface area contributed by atoms with Crippen LogP contribution in [0.4, 0.5) is 0 Å². The molecular formula is C62H37N3. The van der Waals surface area contributed by atoms with Gasteiger partial charge in [-0.2, -0.15) is 0 Å². The smallest absolute Gasteiger partial charge is 0.160 e. The second kappa shape index (κ2) is 13.9. The quantitative estimate of drug-likeness (QED) is 0.162. The minimum Gasteiger partial charge on any atom is -0.309 e. The summed E-state index contributed by atoms with van der Waals surface area (Å²) in [6, 6.07) is 81.7. The van der Waals surface area contributed by atoms with E-state index in [1.54, 1.807) is 0 Å². The molecule has 14 rings (SSSR count). The minimum atomic E-state index is 0.697. The molecule has 0 atom stereocenters. The van der Waals surface area contributed by atoms with Crippen molar-refractivity contribution in [3.8, 4) is 50.7 Å². The molecule has 300 valence electrons. The van der Waals surface area contributed by atoms with Gasteiger partial charge in [0.05, 0.1) is 22.4 Å². The van der Waals surface area contributed by atoms with Gasteiger partial charge in [0.2, 0.25) is 0 Å². The zero-order chi connectivity index (χ0) is 42.6. The number of hydrogen-bond donors (Lipinski definition) is 0. The number of para-hydroxylation sites is 2. The third kappa shape index (κ3) is 5.49. The van der Waals surface area contributed by atoms with Crippen molar-refractivity contribution in [2.75, 3.05) is 0 Å². The molecule has 0 aliphatic carbocycles. The van der Waals surface area contributed by atoms with Crippen LogP contribution in [0.5, 0.6) is 0 Å². The molecule has 0 spiro atoms. The Labute approximate surface area is 374 Å². The molecule has 0 fully saturated rings. The van der Waals surface area contributed by atoms with Gasteiger partial charge in [-0.1, -0.05) is 170 Å². The first kappa shape index (κ1) is 35.9. The molecule has 0 amide bonds. The highest BCUT2D eigenvalue weighted by molar-refractivity contribution is 6.37. The highest BCUT2D eigenvalue weighted by Crippen LogP contribution is 2.45. The maximum atomic E-state index is 5.38. The van der Waals surface area contributed by atoms with Gasteiger partial charge in [-0.25, -0.2) is 9.97 Å². The van der Waals surface area contributed by atoms with E-state index in [1.165, 1.54) is 86.4 Å². The molecule has 0 aliphatic rings. The fourth-order valence-corrected chi connectivity index (χ4v) is 10.8. The number of rotatable bonds is 5. The van der Waals surface area contributed by atoms with Crippen molar-refractivity contribution in [3.63, 3.8) is 0 Å². The average Bonchev–Trinajstić information content (AvgIpc) is 3.71. The largest absolute Gasteiger partial charge is 0.309 e. The summed E-state index contributed by atoms with van der Waals surface area (Å²) in [7, 11) is 0. The topological polar surface area (TPSA) is 30.7 Å². The van der Waals surface area contributed by atoms with E-state index < -0.39 is 0 Å². The SMILES string of the molecule is c1ccc(-c2nc(-c3cccc(-c4ccc5c(c4)c4ccccc4n5-c4ccccc4)c3)cc(-c3cc4ccc5cccc6c7cccc8ccc9cccc(c(c3)c4c56)c9c87)n2)cc1. The standard InChI is InChI=1S/C62H37N3/c1-3-13-41(14-4-1)62-63-54(44-19-9-18-42(33-44)43-31-32-57-52(35-43)48-22-7-8-26-56(48)65(57)47-20-5-2-6-21-47)37-55(64-62)46-34-45-30-29-40-16-11-24-50-49-23-10-15-38-27-28-39-17-12-25-51(60(39)58(38)49)53(36-46)61(45)59(40)50/h1-37H. The van der Waals surface area contributed by atoms with Crippen molar-refractivity contribution in [2.24, 2.45) is 0 Å². The third-order valence-corrected chi connectivity index (χ3v) is 13.7.